The molecule has 2 aliphatic rings. The van der Waals surface area contributed by atoms with Crippen LogP contribution in [0, 0.1) is 0 Å². The number of carbonyl (C=O) groups is 1. The van der Waals surface area contributed by atoms with Crippen molar-refractivity contribution in [3.63, 3.8) is 0 Å². The van der Waals surface area contributed by atoms with Gasteiger partial charge in [-0.3, -0.25) is 4.90 Å². The molecular weight excluding hydrogens is 248 g/mol. The molecule has 1 atom stereocenters. The van der Waals surface area contributed by atoms with E-state index in [0.717, 1.165) is 52.1 Å². The summed E-state index contributed by atoms with van der Waals surface area (Å²) in [5.41, 5.74) is 5.66. The van der Waals surface area contributed by atoms with Crippen LogP contribution in [0.25, 0.3) is 0 Å². The normalized spacial score (nSPS) is 23.2. The monoisotopic (exact) mass is 270 g/mol. The van der Waals surface area contributed by atoms with E-state index in [-0.39, 0.29) is 12.1 Å². The summed E-state index contributed by atoms with van der Waals surface area (Å²) in [6.07, 6.45) is 2.29. The molecule has 0 spiro atoms. The van der Waals surface area contributed by atoms with Crippen molar-refractivity contribution in [2.75, 3.05) is 39.3 Å². The van der Waals surface area contributed by atoms with E-state index < -0.39 is 0 Å². The van der Waals surface area contributed by atoms with Crippen molar-refractivity contribution in [2.45, 2.75) is 25.8 Å². The zero-order chi connectivity index (χ0) is 13.1. The molecular formula is C12H22N4OS. The van der Waals surface area contributed by atoms with Gasteiger partial charge in [-0.15, -0.1) is 0 Å². The third-order valence-corrected chi connectivity index (χ3v) is 4.26. The number of thiocarbonyl (C=S) groups is 1. The van der Waals surface area contributed by atoms with Crippen LogP contribution in [0.3, 0.4) is 0 Å². The van der Waals surface area contributed by atoms with E-state index in [1.54, 1.807) is 0 Å². The predicted molar refractivity (Wildman–Crippen MR) is 75.6 cm³/mol. The Kier molecular flexibility index (Phi) is 4.40. The van der Waals surface area contributed by atoms with Gasteiger partial charge in [-0.05, 0) is 19.8 Å². The van der Waals surface area contributed by atoms with E-state index in [1.807, 2.05) is 16.7 Å². The molecule has 2 heterocycles. The fraction of sp³-hybridized carbons (Fsp3) is 0.833. The third kappa shape index (κ3) is 2.92. The minimum Gasteiger partial charge on any atom is -0.392 e. The van der Waals surface area contributed by atoms with Gasteiger partial charge in [0.05, 0.1) is 11.0 Å². The van der Waals surface area contributed by atoms with E-state index in [2.05, 4.69) is 4.90 Å². The Morgan fingerprint density at radius 2 is 1.56 bits per heavy atom. The van der Waals surface area contributed by atoms with Gasteiger partial charge in [0.15, 0.2) is 0 Å². The number of hydrogen-bond acceptors (Lipinski definition) is 3. The van der Waals surface area contributed by atoms with Crippen molar-refractivity contribution < 1.29 is 4.79 Å². The van der Waals surface area contributed by atoms with Gasteiger partial charge in [-0.25, -0.2) is 4.79 Å². The lowest BCUT2D eigenvalue weighted by Gasteiger charge is -2.38. The van der Waals surface area contributed by atoms with E-state index in [0.29, 0.717) is 4.99 Å². The first-order valence-corrected chi connectivity index (χ1v) is 7.07. The molecule has 18 heavy (non-hydrogen) atoms. The average molecular weight is 270 g/mol. The highest BCUT2D eigenvalue weighted by atomic mass is 32.1. The highest BCUT2D eigenvalue weighted by Crippen LogP contribution is 2.13. The van der Waals surface area contributed by atoms with Crippen LogP contribution in [0.15, 0.2) is 0 Å². The molecule has 2 rings (SSSR count). The number of rotatable bonds is 2. The minimum atomic E-state index is 0.129. The fourth-order valence-corrected chi connectivity index (χ4v) is 2.74. The molecule has 0 saturated carbocycles. The zero-order valence-corrected chi connectivity index (χ0v) is 11.8. The van der Waals surface area contributed by atoms with E-state index in [1.165, 1.54) is 0 Å². The highest BCUT2D eigenvalue weighted by molar-refractivity contribution is 7.80. The average Bonchev–Trinajstić information content (AvgIpc) is 2.91. The molecule has 102 valence electrons. The van der Waals surface area contributed by atoms with Gasteiger partial charge in [-0.1, -0.05) is 12.2 Å². The maximum Gasteiger partial charge on any atom is 0.320 e. The Hall–Kier alpha value is -0.880. The number of hydrogen-bond donors (Lipinski definition) is 1. The number of nitrogens with zero attached hydrogens (tertiary/aromatic N) is 3. The first-order valence-electron chi connectivity index (χ1n) is 6.67. The first-order chi connectivity index (χ1) is 8.59. The number of likely N-dealkylation sites (tertiary alicyclic amines) is 1. The fourth-order valence-electron chi connectivity index (χ4n) is 2.59. The van der Waals surface area contributed by atoms with Crippen LogP contribution >= 0.6 is 12.2 Å². The van der Waals surface area contributed by atoms with Crippen molar-refractivity contribution in [1.82, 2.24) is 14.7 Å². The lowest BCUT2D eigenvalue weighted by Crippen LogP contribution is -2.56. The smallest absolute Gasteiger partial charge is 0.320 e. The second-order valence-electron chi connectivity index (χ2n) is 5.08. The third-order valence-electron chi connectivity index (χ3n) is 3.92. The molecule has 2 aliphatic heterocycles. The van der Waals surface area contributed by atoms with E-state index in [4.69, 9.17) is 18.0 Å². The lowest BCUT2D eigenvalue weighted by molar-refractivity contribution is 0.112. The predicted octanol–water partition coefficient (Wildman–Crippen LogP) is 0.494. The molecule has 0 aromatic rings. The molecule has 2 N–H and O–H groups in total. The summed E-state index contributed by atoms with van der Waals surface area (Å²) in [5.74, 6) is 0. The lowest BCUT2D eigenvalue weighted by atomic mass is 10.2. The summed E-state index contributed by atoms with van der Waals surface area (Å²) in [4.78, 5) is 18.9. The van der Waals surface area contributed by atoms with Crippen LogP contribution in [0.1, 0.15) is 19.8 Å². The highest BCUT2D eigenvalue weighted by Gasteiger charge is 2.28. The van der Waals surface area contributed by atoms with Gasteiger partial charge in [0.1, 0.15) is 0 Å². The van der Waals surface area contributed by atoms with Crippen LogP contribution in [0.2, 0.25) is 0 Å². The molecule has 5 nitrogen and oxygen atoms in total. The Morgan fingerprint density at radius 3 is 2.06 bits per heavy atom. The number of piperazine rings is 1. The standard InChI is InChI=1S/C12H22N4OS/c1-10(11(13)18)14-6-8-16(9-7-14)12(17)15-4-2-3-5-15/h10H,2-9H2,1H3,(H2,13,18). The minimum absolute atomic E-state index is 0.129. The topological polar surface area (TPSA) is 52.8 Å². The summed E-state index contributed by atoms with van der Waals surface area (Å²) in [6.45, 7) is 7.14. The zero-order valence-electron chi connectivity index (χ0n) is 11.0. The number of amides is 2. The maximum absolute atomic E-state index is 12.2. The van der Waals surface area contributed by atoms with Crippen molar-refractivity contribution >= 4 is 23.2 Å². The second kappa shape index (κ2) is 5.84. The number of carbonyl (C=O) groups excluding carboxylic acids is 1. The van der Waals surface area contributed by atoms with Gasteiger partial charge < -0.3 is 15.5 Å². The van der Waals surface area contributed by atoms with Crippen LogP contribution in [-0.4, -0.2) is 71.0 Å². The van der Waals surface area contributed by atoms with Crippen LogP contribution in [-0.2, 0) is 0 Å². The first kappa shape index (κ1) is 13.5. The molecule has 2 saturated heterocycles. The summed E-state index contributed by atoms with van der Waals surface area (Å²) in [7, 11) is 0. The molecule has 0 bridgehead atoms. The quantitative estimate of drug-likeness (QED) is 0.742. The van der Waals surface area contributed by atoms with Crippen LogP contribution in [0.5, 0.6) is 0 Å². The van der Waals surface area contributed by atoms with Crippen LogP contribution in [0.4, 0.5) is 4.79 Å². The Bertz CT molecular complexity index is 322. The van der Waals surface area contributed by atoms with E-state index in [9.17, 15) is 4.79 Å². The SMILES string of the molecule is CC(C(N)=S)N1CCN(C(=O)N2CCCC2)CC1. The van der Waals surface area contributed by atoms with Crippen molar-refractivity contribution in [3.05, 3.63) is 0 Å². The molecule has 0 aromatic heterocycles. The van der Waals surface area contributed by atoms with Gasteiger partial charge in [0.25, 0.3) is 0 Å². The van der Waals surface area contributed by atoms with E-state index >= 15 is 0 Å². The van der Waals surface area contributed by atoms with Crippen LogP contribution < -0.4 is 5.73 Å². The molecule has 2 fully saturated rings. The summed E-state index contributed by atoms with van der Waals surface area (Å²) < 4.78 is 0. The van der Waals surface area contributed by atoms with Crippen molar-refractivity contribution in [1.29, 1.82) is 0 Å². The Labute approximate surface area is 114 Å². The molecule has 2 amide bonds. The van der Waals surface area contributed by atoms with Gasteiger partial charge in [-0.2, -0.15) is 0 Å². The number of nitrogens with two attached hydrogens (primary N) is 1. The van der Waals surface area contributed by atoms with Crippen molar-refractivity contribution in [3.8, 4) is 0 Å². The second-order valence-corrected chi connectivity index (χ2v) is 5.55. The number of urea groups is 1. The Morgan fingerprint density at radius 1 is 1.06 bits per heavy atom. The van der Waals surface area contributed by atoms with Gasteiger partial charge >= 0.3 is 6.03 Å². The maximum atomic E-state index is 12.2. The summed E-state index contributed by atoms with van der Waals surface area (Å²) in [5, 5.41) is 0. The van der Waals surface area contributed by atoms with Crippen molar-refractivity contribution in [2.24, 2.45) is 5.73 Å². The molecule has 0 aromatic carbocycles. The van der Waals surface area contributed by atoms with Gasteiger partial charge in [0, 0.05) is 39.3 Å². The van der Waals surface area contributed by atoms with Gasteiger partial charge in [0.2, 0.25) is 0 Å². The summed E-state index contributed by atoms with van der Waals surface area (Å²) >= 11 is 5.01. The molecule has 0 radical (unpaired) electrons. The summed E-state index contributed by atoms with van der Waals surface area (Å²) in [6, 6.07) is 0.333. The molecule has 0 aliphatic carbocycles. The molecule has 6 heteroatoms. The largest absolute Gasteiger partial charge is 0.392 e. The molecule has 1 unspecified atom stereocenters. The Balaban J connectivity index is 1.82.